The topological polar surface area (TPSA) is 58.4 Å². The quantitative estimate of drug-likeness (QED) is 0.867. The molecule has 3 N–H and O–H groups in total. The second kappa shape index (κ2) is 6.37. The van der Waals surface area contributed by atoms with Crippen LogP contribution < -0.4 is 11.1 Å². The maximum Gasteiger partial charge on any atom is 0.226 e. The minimum Gasteiger partial charge on any atom is -0.326 e. The van der Waals surface area contributed by atoms with Gasteiger partial charge >= 0.3 is 0 Å². The van der Waals surface area contributed by atoms with Crippen LogP contribution in [0.3, 0.4) is 0 Å². The highest BCUT2D eigenvalue weighted by Crippen LogP contribution is 2.30. The highest BCUT2D eigenvalue weighted by Gasteiger charge is 2.31. The summed E-state index contributed by atoms with van der Waals surface area (Å²) in [7, 11) is 4.08. The SMILES string of the molecule is CN(C)Cc1ccc(NC(=O)CC2(N)CCCC2)cc1. The van der Waals surface area contributed by atoms with Gasteiger partial charge in [0.05, 0.1) is 0 Å². The van der Waals surface area contributed by atoms with E-state index in [-0.39, 0.29) is 11.4 Å². The van der Waals surface area contributed by atoms with E-state index in [1.54, 1.807) is 0 Å². The lowest BCUT2D eigenvalue weighted by atomic mass is 9.94. The average molecular weight is 275 g/mol. The predicted octanol–water partition coefficient (Wildman–Crippen LogP) is 2.35. The maximum absolute atomic E-state index is 12.0. The highest BCUT2D eigenvalue weighted by atomic mass is 16.1. The molecule has 0 heterocycles. The Balaban J connectivity index is 1.87. The monoisotopic (exact) mass is 275 g/mol. The lowest BCUT2D eigenvalue weighted by molar-refractivity contribution is -0.117. The number of benzene rings is 1. The minimum absolute atomic E-state index is 0.0229. The molecule has 0 aliphatic heterocycles. The molecule has 110 valence electrons. The van der Waals surface area contributed by atoms with Crippen molar-refractivity contribution in [1.29, 1.82) is 0 Å². The highest BCUT2D eigenvalue weighted by molar-refractivity contribution is 5.91. The lowest BCUT2D eigenvalue weighted by Crippen LogP contribution is -2.40. The van der Waals surface area contributed by atoms with Crippen molar-refractivity contribution in [3.63, 3.8) is 0 Å². The van der Waals surface area contributed by atoms with Gasteiger partial charge in [0.1, 0.15) is 0 Å². The van der Waals surface area contributed by atoms with Crippen LogP contribution in [0.15, 0.2) is 24.3 Å². The second-order valence-corrected chi connectivity index (χ2v) is 6.23. The Hall–Kier alpha value is -1.39. The molecule has 20 heavy (non-hydrogen) atoms. The van der Waals surface area contributed by atoms with Gasteiger partial charge in [-0.05, 0) is 44.6 Å². The molecule has 1 amide bonds. The summed E-state index contributed by atoms with van der Waals surface area (Å²) in [6, 6.07) is 8.00. The molecule has 1 saturated carbocycles. The number of hydrogen-bond acceptors (Lipinski definition) is 3. The molecule has 0 atom stereocenters. The van der Waals surface area contributed by atoms with E-state index in [0.29, 0.717) is 6.42 Å². The first-order valence-corrected chi connectivity index (χ1v) is 7.29. The van der Waals surface area contributed by atoms with Crippen LogP contribution in [0.5, 0.6) is 0 Å². The van der Waals surface area contributed by atoms with Crippen LogP contribution in [-0.2, 0) is 11.3 Å². The third-order valence-electron chi connectivity index (χ3n) is 3.85. The molecule has 1 aromatic rings. The number of nitrogens with one attached hydrogen (secondary N) is 1. The molecule has 1 fully saturated rings. The number of carbonyl (C=O) groups excluding carboxylic acids is 1. The fraction of sp³-hybridized carbons (Fsp3) is 0.562. The normalized spacial score (nSPS) is 17.4. The van der Waals surface area contributed by atoms with E-state index < -0.39 is 0 Å². The fourth-order valence-electron chi connectivity index (χ4n) is 2.84. The van der Waals surface area contributed by atoms with E-state index in [4.69, 9.17) is 5.73 Å². The first-order valence-electron chi connectivity index (χ1n) is 7.29. The largest absolute Gasteiger partial charge is 0.326 e. The number of carbonyl (C=O) groups is 1. The van der Waals surface area contributed by atoms with Gasteiger partial charge < -0.3 is 16.0 Å². The number of rotatable bonds is 5. The van der Waals surface area contributed by atoms with Crippen molar-refractivity contribution in [1.82, 2.24) is 4.90 Å². The van der Waals surface area contributed by atoms with Crippen LogP contribution in [0, 0.1) is 0 Å². The molecule has 0 saturated heterocycles. The van der Waals surface area contributed by atoms with Crippen LogP contribution in [0.4, 0.5) is 5.69 Å². The molecular weight excluding hydrogens is 250 g/mol. The number of nitrogens with two attached hydrogens (primary N) is 1. The van der Waals surface area contributed by atoms with E-state index in [1.807, 2.05) is 38.4 Å². The zero-order chi connectivity index (χ0) is 14.6. The summed E-state index contributed by atoms with van der Waals surface area (Å²) in [5, 5.41) is 2.94. The Morgan fingerprint density at radius 1 is 1.25 bits per heavy atom. The third-order valence-corrected chi connectivity index (χ3v) is 3.85. The van der Waals surface area contributed by atoms with Crippen molar-refractivity contribution >= 4 is 11.6 Å². The summed E-state index contributed by atoms with van der Waals surface area (Å²) >= 11 is 0. The molecule has 4 nitrogen and oxygen atoms in total. The Labute approximate surface area is 121 Å². The van der Waals surface area contributed by atoms with Gasteiger partial charge in [-0.2, -0.15) is 0 Å². The van der Waals surface area contributed by atoms with Crippen molar-refractivity contribution in [2.24, 2.45) is 5.73 Å². The first-order chi connectivity index (χ1) is 9.47. The van der Waals surface area contributed by atoms with E-state index in [2.05, 4.69) is 10.2 Å². The standard InChI is InChI=1S/C16H25N3O/c1-19(2)12-13-5-7-14(8-6-13)18-15(20)11-16(17)9-3-4-10-16/h5-8H,3-4,9-12,17H2,1-2H3,(H,18,20). The Morgan fingerprint density at radius 3 is 2.40 bits per heavy atom. The van der Waals surface area contributed by atoms with Gasteiger partial charge in [-0.25, -0.2) is 0 Å². The number of amides is 1. The number of hydrogen-bond donors (Lipinski definition) is 2. The van der Waals surface area contributed by atoms with Gasteiger partial charge in [0, 0.05) is 24.2 Å². The predicted molar refractivity (Wildman–Crippen MR) is 82.5 cm³/mol. The summed E-state index contributed by atoms with van der Waals surface area (Å²) in [6.07, 6.45) is 4.63. The van der Waals surface area contributed by atoms with E-state index in [1.165, 1.54) is 5.56 Å². The summed E-state index contributed by atoms with van der Waals surface area (Å²) in [5.74, 6) is 0.0229. The minimum atomic E-state index is -0.283. The molecule has 1 aliphatic carbocycles. The Kier molecular flexibility index (Phi) is 4.78. The van der Waals surface area contributed by atoms with Gasteiger partial charge in [0.15, 0.2) is 0 Å². The number of anilines is 1. The van der Waals surface area contributed by atoms with Crippen molar-refractivity contribution in [3.05, 3.63) is 29.8 Å². The lowest BCUT2D eigenvalue weighted by Gasteiger charge is -2.22. The average Bonchev–Trinajstić information content (AvgIpc) is 2.77. The van der Waals surface area contributed by atoms with Crippen molar-refractivity contribution in [2.45, 2.75) is 44.2 Å². The molecule has 0 radical (unpaired) electrons. The van der Waals surface area contributed by atoms with Crippen molar-refractivity contribution in [2.75, 3.05) is 19.4 Å². The van der Waals surface area contributed by atoms with Gasteiger partial charge in [-0.1, -0.05) is 25.0 Å². The molecule has 4 heteroatoms. The van der Waals surface area contributed by atoms with Gasteiger partial charge in [0.25, 0.3) is 0 Å². The zero-order valence-electron chi connectivity index (χ0n) is 12.5. The molecule has 1 aliphatic rings. The summed E-state index contributed by atoms with van der Waals surface area (Å²) in [4.78, 5) is 14.2. The van der Waals surface area contributed by atoms with Crippen LogP contribution in [0.25, 0.3) is 0 Å². The van der Waals surface area contributed by atoms with Gasteiger partial charge in [-0.15, -0.1) is 0 Å². The first kappa shape index (κ1) is 15.0. The molecule has 0 aromatic heterocycles. The van der Waals surface area contributed by atoms with E-state index in [0.717, 1.165) is 37.9 Å². The maximum atomic E-state index is 12.0. The van der Waals surface area contributed by atoms with Crippen LogP contribution in [0.2, 0.25) is 0 Å². The smallest absolute Gasteiger partial charge is 0.226 e. The van der Waals surface area contributed by atoms with Crippen LogP contribution in [-0.4, -0.2) is 30.4 Å². The Morgan fingerprint density at radius 2 is 1.85 bits per heavy atom. The second-order valence-electron chi connectivity index (χ2n) is 6.23. The number of nitrogens with zero attached hydrogens (tertiary/aromatic N) is 1. The molecule has 0 bridgehead atoms. The van der Waals surface area contributed by atoms with Crippen molar-refractivity contribution in [3.8, 4) is 0 Å². The van der Waals surface area contributed by atoms with E-state index >= 15 is 0 Å². The molecule has 0 unspecified atom stereocenters. The molecule has 0 spiro atoms. The van der Waals surface area contributed by atoms with E-state index in [9.17, 15) is 4.79 Å². The fourth-order valence-corrected chi connectivity index (χ4v) is 2.84. The Bertz CT molecular complexity index is 447. The van der Waals surface area contributed by atoms with Crippen molar-refractivity contribution < 1.29 is 4.79 Å². The van der Waals surface area contributed by atoms with Gasteiger partial charge in [-0.3, -0.25) is 4.79 Å². The van der Waals surface area contributed by atoms with Crippen LogP contribution >= 0.6 is 0 Å². The van der Waals surface area contributed by atoms with Gasteiger partial charge in [0.2, 0.25) is 5.91 Å². The zero-order valence-corrected chi connectivity index (χ0v) is 12.5. The molecular formula is C16H25N3O. The van der Waals surface area contributed by atoms with Crippen LogP contribution in [0.1, 0.15) is 37.7 Å². The molecule has 1 aromatic carbocycles. The summed E-state index contributed by atoms with van der Waals surface area (Å²) < 4.78 is 0. The summed E-state index contributed by atoms with van der Waals surface area (Å²) in [6.45, 7) is 0.903. The molecule has 2 rings (SSSR count). The summed E-state index contributed by atoms with van der Waals surface area (Å²) in [5.41, 5.74) is 8.03. The third kappa shape index (κ3) is 4.32.